The van der Waals surface area contributed by atoms with Crippen LogP contribution in [0.15, 0.2) is 53.4 Å². The first kappa shape index (κ1) is 11.9. The zero-order valence-electron chi connectivity index (χ0n) is 7.97. The van der Waals surface area contributed by atoms with E-state index in [0.717, 1.165) is 0 Å². The Morgan fingerprint density at radius 2 is 1.93 bits per heavy atom. The van der Waals surface area contributed by atoms with Gasteiger partial charge in [-0.05, 0) is 12.1 Å². The summed E-state index contributed by atoms with van der Waals surface area (Å²) in [5.74, 6) is 0.382. The van der Waals surface area contributed by atoms with Crippen molar-refractivity contribution in [2.24, 2.45) is 0 Å². The van der Waals surface area contributed by atoms with Crippen molar-refractivity contribution in [2.45, 2.75) is 6.54 Å². The maximum absolute atomic E-state index is 11.6. The number of hydrogen-bond donors (Lipinski definition) is 0. The van der Waals surface area contributed by atoms with Gasteiger partial charge in [0.1, 0.15) is 0 Å². The molecule has 0 fully saturated rings. The highest BCUT2D eigenvalue weighted by molar-refractivity contribution is 5.92. The molecule has 2 rings (SSSR count). The third-order valence-corrected chi connectivity index (χ3v) is 1.90. The Morgan fingerprint density at radius 1 is 1.20 bits per heavy atom. The van der Waals surface area contributed by atoms with Gasteiger partial charge in [0.05, 0.1) is 6.26 Å². The topological polar surface area (TPSA) is 34.1 Å². The highest BCUT2D eigenvalue weighted by atomic mass is 127. The van der Waals surface area contributed by atoms with Crippen LogP contribution < -0.4 is 28.5 Å². The predicted octanol–water partition coefficient (Wildman–Crippen LogP) is -1.55. The average Bonchev–Trinajstić information content (AvgIpc) is 2.72. The lowest BCUT2D eigenvalue weighted by molar-refractivity contribution is -0.683. The first-order valence-electron chi connectivity index (χ1n) is 4.37. The SMILES string of the molecule is O=C(C[n+]1ccccc1)c1ccco1.[I-]. The molecule has 0 saturated heterocycles. The molecule has 0 aromatic carbocycles. The summed E-state index contributed by atoms with van der Waals surface area (Å²) in [6.07, 6.45) is 5.20. The van der Waals surface area contributed by atoms with E-state index in [-0.39, 0.29) is 29.8 Å². The molecule has 4 heteroatoms. The smallest absolute Gasteiger partial charge is 0.262 e. The Bertz CT molecular complexity index is 411. The molecule has 0 amide bonds. The van der Waals surface area contributed by atoms with E-state index in [2.05, 4.69) is 0 Å². The zero-order valence-corrected chi connectivity index (χ0v) is 10.1. The lowest BCUT2D eigenvalue weighted by Gasteiger charge is -1.92. The molecule has 0 unspecified atom stereocenters. The molecule has 2 aromatic heterocycles. The second kappa shape index (κ2) is 5.65. The maximum Gasteiger partial charge on any atom is 0.262 e. The molecule has 0 N–H and O–H groups in total. The van der Waals surface area contributed by atoms with Crippen LogP contribution >= 0.6 is 0 Å². The molecule has 0 bridgehead atoms. The predicted molar refractivity (Wildman–Crippen MR) is 49.7 cm³/mol. The van der Waals surface area contributed by atoms with Crippen LogP contribution in [0.3, 0.4) is 0 Å². The molecule has 0 aliphatic heterocycles. The summed E-state index contributed by atoms with van der Waals surface area (Å²) in [6.45, 7) is 0.314. The summed E-state index contributed by atoms with van der Waals surface area (Å²) in [4.78, 5) is 11.6. The van der Waals surface area contributed by atoms with Gasteiger partial charge in [0.25, 0.3) is 5.78 Å². The fourth-order valence-corrected chi connectivity index (χ4v) is 1.22. The number of carbonyl (C=O) groups is 1. The number of rotatable bonds is 3. The van der Waals surface area contributed by atoms with Gasteiger partial charge >= 0.3 is 0 Å². The summed E-state index contributed by atoms with van der Waals surface area (Å²) in [5.41, 5.74) is 0. The molecule has 15 heavy (non-hydrogen) atoms. The van der Waals surface area contributed by atoms with E-state index in [1.165, 1.54) is 6.26 Å². The van der Waals surface area contributed by atoms with Crippen LogP contribution in [-0.2, 0) is 6.54 Å². The summed E-state index contributed by atoms with van der Waals surface area (Å²) in [6, 6.07) is 9.06. The van der Waals surface area contributed by atoms with Gasteiger partial charge < -0.3 is 28.4 Å². The van der Waals surface area contributed by atoms with Crippen molar-refractivity contribution in [3.63, 3.8) is 0 Å². The van der Waals surface area contributed by atoms with Gasteiger partial charge in [-0.3, -0.25) is 4.79 Å². The molecule has 0 saturated carbocycles. The number of pyridine rings is 1. The van der Waals surface area contributed by atoms with Gasteiger partial charge in [-0.1, -0.05) is 6.07 Å². The van der Waals surface area contributed by atoms with Crippen LogP contribution in [0, 0.1) is 0 Å². The molecule has 3 nitrogen and oxygen atoms in total. The van der Waals surface area contributed by atoms with Crippen molar-refractivity contribution >= 4 is 5.78 Å². The lowest BCUT2D eigenvalue weighted by atomic mass is 10.3. The largest absolute Gasteiger partial charge is 1.00 e. The fourth-order valence-electron chi connectivity index (χ4n) is 1.22. The van der Waals surface area contributed by atoms with Crippen molar-refractivity contribution in [3.8, 4) is 0 Å². The number of Topliss-reactive ketones (excluding diaryl/α,β-unsaturated/α-hetero) is 1. The van der Waals surface area contributed by atoms with Gasteiger partial charge in [-0.25, -0.2) is 0 Å². The van der Waals surface area contributed by atoms with E-state index in [4.69, 9.17) is 4.42 Å². The Labute approximate surface area is 105 Å². The molecule has 0 spiro atoms. The molecule has 78 valence electrons. The van der Waals surface area contributed by atoms with E-state index in [1.54, 1.807) is 12.1 Å². The zero-order chi connectivity index (χ0) is 9.80. The Morgan fingerprint density at radius 3 is 2.53 bits per heavy atom. The molecule has 0 aliphatic rings. The first-order valence-corrected chi connectivity index (χ1v) is 4.37. The van der Waals surface area contributed by atoms with Crippen LogP contribution in [0.1, 0.15) is 10.6 Å². The minimum Gasteiger partial charge on any atom is -1.00 e. The number of ketones is 1. The minimum absolute atomic E-state index is 0. The average molecular weight is 315 g/mol. The van der Waals surface area contributed by atoms with Gasteiger partial charge in [-0.15, -0.1) is 0 Å². The van der Waals surface area contributed by atoms with Crippen molar-refractivity contribution in [3.05, 3.63) is 54.7 Å². The molecule has 2 heterocycles. The van der Waals surface area contributed by atoms with Crippen molar-refractivity contribution in [2.75, 3.05) is 0 Å². The Hall–Kier alpha value is -1.17. The van der Waals surface area contributed by atoms with E-state index < -0.39 is 0 Å². The molecular formula is C11H10INO2. The number of halogens is 1. The fraction of sp³-hybridized carbons (Fsp3) is 0.0909. The van der Waals surface area contributed by atoms with Crippen LogP contribution in [0.2, 0.25) is 0 Å². The highest BCUT2D eigenvalue weighted by Crippen LogP contribution is 2.00. The summed E-state index contributed by atoms with van der Waals surface area (Å²) in [5, 5.41) is 0. The van der Waals surface area contributed by atoms with Crippen LogP contribution in [0.5, 0.6) is 0 Å². The van der Waals surface area contributed by atoms with Crippen LogP contribution in [-0.4, -0.2) is 5.78 Å². The number of carbonyl (C=O) groups excluding carboxylic acids is 1. The summed E-state index contributed by atoms with van der Waals surface area (Å²) < 4.78 is 6.81. The Kier molecular flexibility index (Phi) is 4.48. The number of hydrogen-bond acceptors (Lipinski definition) is 2. The third-order valence-electron chi connectivity index (χ3n) is 1.90. The van der Waals surface area contributed by atoms with Crippen LogP contribution in [0.25, 0.3) is 0 Å². The second-order valence-electron chi connectivity index (χ2n) is 2.95. The summed E-state index contributed by atoms with van der Waals surface area (Å²) in [7, 11) is 0. The number of furan rings is 1. The molecule has 0 atom stereocenters. The highest BCUT2D eigenvalue weighted by Gasteiger charge is 2.13. The maximum atomic E-state index is 11.6. The monoisotopic (exact) mass is 315 g/mol. The molecule has 0 aliphatic carbocycles. The van der Waals surface area contributed by atoms with E-state index in [9.17, 15) is 4.79 Å². The standard InChI is InChI=1S/C11H10NO2.HI/c13-10(11-5-4-8-14-11)9-12-6-2-1-3-7-12;/h1-8H,9H2;1H/q+1;/p-1. The minimum atomic E-state index is -0.0220. The van der Waals surface area contributed by atoms with E-state index in [0.29, 0.717) is 12.3 Å². The quantitative estimate of drug-likeness (QED) is 0.391. The van der Waals surface area contributed by atoms with E-state index in [1.807, 2.05) is 35.2 Å². The molecule has 2 aromatic rings. The van der Waals surface area contributed by atoms with Gasteiger partial charge in [0, 0.05) is 12.1 Å². The second-order valence-corrected chi connectivity index (χ2v) is 2.95. The van der Waals surface area contributed by atoms with Crippen molar-refractivity contribution in [1.82, 2.24) is 0 Å². The molecule has 0 radical (unpaired) electrons. The molecular weight excluding hydrogens is 305 g/mol. The van der Waals surface area contributed by atoms with Gasteiger partial charge in [-0.2, -0.15) is 4.57 Å². The van der Waals surface area contributed by atoms with Crippen LogP contribution in [0.4, 0.5) is 0 Å². The normalized spacial score (nSPS) is 9.33. The number of aromatic nitrogens is 1. The van der Waals surface area contributed by atoms with Gasteiger partial charge in [0.15, 0.2) is 18.2 Å². The summed E-state index contributed by atoms with van der Waals surface area (Å²) >= 11 is 0. The third kappa shape index (κ3) is 3.16. The van der Waals surface area contributed by atoms with E-state index >= 15 is 0 Å². The van der Waals surface area contributed by atoms with Crippen molar-refractivity contribution < 1.29 is 37.8 Å². The van der Waals surface area contributed by atoms with Gasteiger partial charge in [0.2, 0.25) is 6.54 Å². The Balaban J connectivity index is 0.00000112. The lowest BCUT2D eigenvalue weighted by Crippen LogP contribution is -3.00. The van der Waals surface area contributed by atoms with Crippen molar-refractivity contribution in [1.29, 1.82) is 0 Å². The number of nitrogens with zero attached hydrogens (tertiary/aromatic N) is 1. The first-order chi connectivity index (χ1) is 6.86.